The maximum atomic E-state index is 13.6. The maximum absolute atomic E-state index is 13.6. The highest BCUT2D eigenvalue weighted by molar-refractivity contribution is 6.04. The normalized spacial score (nSPS) is 21.5. The van der Waals surface area contributed by atoms with Gasteiger partial charge in [0.1, 0.15) is 17.2 Å². The molecule has 0 aliphatic heterocycles. The van der Waals surface area contributed by atoms with Crippen LogP contribution in [-0.4, -0.2) is 21.1 Å². The zero-order chi connectivity index (χ0) is 19.1. The summed E-state index contributed by atoms with van der Waals surface area (Å²) in [6.07, 6.45) is 6.97. The minimum Gasteiger partial charge on any atom is -0.411 e. The number of halogens is 1. The number of nitrogens with one attached hydrogen (secondary N) is 1. The van der Waals surface area contributed by atoms with Crippen LogP contribution in [0.4, 0.5) is 4.39 Å². The largest absolute Gasteiger partial charge is 0.411 e. The third-order valence-electron chi connectivity index (χ3n) is 5.84. The van der Waals surface area contributed by atoms with E-state index in [1.54, 1.807) is 0 Å². The lowest BCUT2D eigenvalue weighted by Gasteiger charge is -2.34. The average Bonchev–Trinajstić information content (AvgIpc) is 3.49. The number of allylic oxidation sites excluding steroid dienone is 1. The Morgan fingerprint density at radius 1 is 1.07 bits per heavy atom. The average molecular weight is 373 g/mol. The van der Waals surface area contributed by atoms with Crippen LogP contribution in [0.15, 0.2) is 65.8 Å². The lowest BCUT2D eigenvalue weighted by atomic mass is 9.68. The van der Waals surface area contributed by atoms with Crippen molar-refractivity contribution in [3.05, 3.63) is 94.6 Å². The van der Waals surface area contributed by atoms with Gasteiger partial charge in [-0.2, -0.15) is 5.10 Å². The molecular weight excluding hydrogens is 353 g/mol. The van der Waals surface area contributed by atoms with Gasteiger partial charge in [0.25, 0.3) is 0 Å². The number of hydrogen-bond donors (Lipinski definition) is 2. The molecule has 1 aromatic heterocycles. The number of oxime groups is 1. The minimum atomic E-state index is -0.415. The quantitative estimate of drug-likeness (QED) is 0.396. The topological polar surface area (TPSA) is 61.3 Å². The molecule has 1 fully saturated rings. The second-order valence-corrected chi connectivity index (χ2v) is 7.58. The molecule has 4 nitrogen and oxygen atoms in total. The first-order valence-electron chi connectivity index (χ1n) is 9.51. The Balaban J connectivity index is 1.63. The van der Waals surface area contributed by atoms with E-state index in [9.17, 15) is 9.60 Å². The van der Waals surface area contributed by atoms with Gasteiger partial charge in [-0.1, -0.05) is 59.8 Å². The van der Waals surface area contributed by atoms with Gasteiger partial charge in [0, 0.05) is 29.0 Å². The standard InChI is InChI=1S/C23H20FN3O/c24-18-10-8-17(9-11-18)23(16-4-2-1-3-5-16)13-12-19-20(14-23)25-26-22(19)21(27-28)15-6-7-15/h1-5,8-13,15,28H,6-7,14H2,(H,25,26). The Morgan fingerprint density at radius 3 is 2.46 bits per heavy atom. The van der Waals surface area contributed by atoms with Gasteiger partial charge in [-0.3, -0.25) is 5.10 Å². The second kappa shape index (κ2) is 6.44. The van der Waals surface area contributed by atoms with Crippen LogP contribution in [0.25, 0.3) is 6.08 Å². The fourth-order valence-corrected chi connectivity index (χ4v) is 4.18. The first-order chi connectivity index (χ1) is 13.7. The molecule has 0 spiro atoms. The van der Waals surface area contributed by atoms with Crippen molar-refractivity contribution in [1.29, 1.82) is 0 Å². The number of rotatable bonds is 4. The number of aromatic nitrogens is 2. The van der Waals surface area contributed by atoms with Gasteiger partial charge in [0.2, 0.25) is 0 Å². The van der Waals surface area contributed by atoms with Crippen molar-refractivity contribution in [3.63, 3.8) is 0 Å². The van der Waals surface area contributed by atoms with Crippen molar-refractivity contribution in [3.8, 4) is 0 Å². The molecule has 28 heavy (non-hydrogen) atoms. The summed E-state index contributed by atoms with van der Waals surface area (Å²) in [6.45, 7) is 0. The van der Waals surface area contributed by atoms with Crippen LogP contribution >= 0.6 is 0 Å². The predicted octanol–water partition coefficient (Wildman–Crippen LogP) is 4.69. The van der Waals surface area contributed by atoms with E-state index < -0.39 is 5.41 Å². The third-order valence-corrected chi connectivity index (χ3v) is 5.84. The second-order valence-electron chi connectivity index (χ2n) is 7.58. The molecule has 1 unspecified atom stereocenters. The monoisotopic (exact) mass is 373 g/mol. The Labute approximate surface area is 162 Å². The number of fused-ring (bicyclic) bond motifs is 1. The van der Waals surface area contributed by atoms with Crippen molar-refractivity contribution in [2.45, 2.75) is 24.7 Å². The van der Waals surface area contributed by atoms with Gasteiger partial charge < -0.3 is 5.21 Å². The van der Waals surface area contributed by atoms with Crippen LogP contribution in [0.2, 0.25) is 0 Å². The summed E-state index contributed by atoms with van der Waals surface area (Å²) in [5, 5.41) is 20.6. The molecule has 5 heteroatoms. The van der Waals surface area contributed by atoms with E-state index in [4.69, 9.17) is 0 Å². The molecule has 1 heterocycles. The molecular formula is C23H20FN3O. The minimum absolute atomic E-state index is 0.246. The van der Waals surface area contributed by atoms with Crippen molar-refractivity contribution in [1.82, 2.24) is 10.2 Å². The molecule has 2 N–H and O–H groups in total. The van der Waals surface area contributed by atoms with Crippen LogP contribution in [-0.2, 0) is 11.8 Å². The Morgan fingerprint density at radius 2 is 1.79 bits per heavy atom. The Bertz CT molecular complexity index is 1060. The molecule has 0 saturated heterocycles. The summed E-state index contributed by atoms with van der Waals surface area (Å²) in [5.41, 5.74) is 5.12. The number of aromatic amines is 1. The van der Waals surface area contributed by atoms with E-state index in [1.807, 2.05) is 30.3 Å². The maximum Gasteiger partial charge on any atom is 0.123 e. The summed E-state index contributed by atoms with van der Waals surface area (Å²) in [5.74, 6) is 0.0493. The van der Waals surface area contributed by atoms with Gasteiger partial charge in [0.15, 0.2) is 0 Å². The Kier molecular flexibility index (Phi) is 3.90. The fourth-order valence-electron chi connectivity index (χ4n) is 4.18. The molecule has 0 radical (unpaired) electrons. The van der Waals surface area contributed by atoms with Crippen LogP contribution in [0, 0.1) is 11.7 Å². The summed E-state index contributed by atoms with van der Waals surface area (Å²) < 4.78 is 13.6. The molecule has 1 atom stereocenters. The zero-order valence-corrected chi connectivity index (χ0v) is 15.3. The van der Waals surface area contributed by atoms with E-state index in [0.717, 1.165) is 40.9 Å². The van der Waals surface area contributed by atoms with E-state index in [-0.39, 0.29) is 5.82 Å². The van der Waals surface area contributed by atoms with Crippen molar-refractivity contribution < 1.29 is 9.60 Å². The zero-order valence-electron chi connectivity index (χ0n) is 15.3. The summed E-state index contributed by atoms with van der Waals surface area (Å²) in [4.78, 5) is 0. The molecule has 0 amide bonds. The summed E-state index contributed by atoms with van der Waals surface area (Å²) >= 11 is 0. The molecule has 2 aliphatic rings. The first-order valence-corrected chi connectivity index (χ1v) is 9.51. The van der Waals surface area contributed by atoms with Gasteiger partial charge in [-0.25, -0.2) is 4.39 Å². The summed E-state index contributed by atoms with van der Waals surface area (Å²) in [6, 6.07) is 16.9. The predicted molar refractivity (Wildman–Crippen MR) is 106 cm³/mol. The number of hydrogen-bond acceptors (Lipinski definition) is 3. The van der Waals surface area contributed by atoms with Crippen LogP contribution < -0.4 is 0 Å². The van der Waals surface area contributed by atoms with Crippen molar-refractivity contribution in [2.24, 2.45) is 11.1 Å². The van der Waals surface area contributed by atoms with E-state index in [1.165, 1.54) is 12.1 Å². The van der Waals surface area contributed by atoms with Gasteiger partial charge in [0.05, 0.1) is 0 Å². The van der Waals surface area contributed by atoms with E-state index in [2.05, 4.69) is 39.6 Å². The molecule has 2 aliphatic carbocycles. The molecule has 5 rings (SSSR count). The molecule has 2 aromatic carbocycles. The highest BCUT2D eigenvalue weighted by Gasteiger charge is 2.38. The van der Waals surface area contributed by atoms with Crippen LogP contribution in [0.3, 0.4) is 0 Å². The molecule has 1 saturated carbocycles. The van der Waals surface area contributed by atoms with Gasteiger partial charge >= 0.3 is 0 Å². The van der Waals surface area contributed by atoms with Crippen LogP contribution in [0.5, 0.6) is 0 Å². The van der Waals surface area contributed by atoms with E-state index in [0.29, 0.717) is 18.1 Å². The lowest BCUT2D eigenvalue weighted by molar-refractivity contribution is 0.317. The van der Waals surface area contributed by atoms with Crippen molar-refractivity contribution >= 4 is 11.8 Å². The highest BCUT2D eigenvalue weighted by Crippen LogP contribution is 2.43. The molecule has 3 aromatic rings. The van der Waals surface area contributed by atoms with E-state index >= 15 is 0 Å². The van der Waals surface area contributed by atoms with Crippen molar-refractivity contribution in [2.75, 3.05) is 0 Å². The lowest BCUT2D eigenvalue weighted by Crippen LogP contribution is -2.30. The Hall–Kier alpha value is -3.21. The van der Waals surface area contributed by atoms with Gasteiger partial charge in [-0.05, 0) is 36.1 Å². The third kappa shape index (κ3) is 2.66. The summed E-state index contributed by atoms with van der Waals surface area (Å²) in [7, 11) is 0. The smallest absolute Gasteiger partial charge is 0.123 e. The highest BCUT2D eigenvalue weighted by atomic mass is 19.1. The first kappa shape index (κ1) is 16.9. The van der Waals surface area contributed by atoms with Crippen LogP contribution in [0.1, 0.15) is 40.9 Å². The fraction of sp³-hybridized carbons (Fsp3) is 0.217. The molecule has 140 valence electrons. The number of H-pyrrole nitrogens is 1. The number of nitrogens with zero attached hydrogens (tertiary/aromatic N) is 2. The molecule has 0 bridgehead atoms. The SMILES string of the molecule is ON=C(c1n[nH]c2c1C=CC(c1ccccc1)(c1ccc(F)cc1)C2)C1CC1. The van der Waals surface area contributed by atoms with Gasteiger partial charge in [-0.15, -0.1) is 0 Å². The number of benzene rings is 2.